The number of pyridine rings is 1. The lowest BCUT2D eigenvalue weighted by Crippen LogP contribution is -2.26. The van der Waals surface area contributed by atoms with Gasteiger partial charge >= 0.3 is 0 Å². The van der Waals surface area contributed by atoms with Crippen LogP contribution in [0.1, 0.15) is 15.4 Å². The molecule has 2 rings (SSSR count). The number of aromatic nitrogens is 2. The zero-order chi connectivity index (χ0) is 13.0. The average Bonchev–Trinajstić information content (AvgIpc) is 2.85. The Kier molecular flexibility index (Phi) is 4.11. The van der Waals surface area contributed by atoms with Crippen LogP contribution >= 0.6 is 22.9 Å². The van der Waals surface area contributed by atoms with Gasteiger partial charge in [0.25, 0.3) is 5.91 Å². The minimum absolute atomic E-state index is 0.245. The molecule has 0 aliphatic heterocycles. The summed E-state index contributed by atoms with van der Waals surface area (Å²) in [6, 6.07) is 1.45. The number of hydrogen-bond acceptors (Lipinski definition) is 5. The average molecular weight is 283 g/mol. The molecule has 2 heterocycles. The van der Waals surface area contributed by atoms with Crippen LogP contribution in [0.25, 0.3) is 0 Å². The van der Waals surface area contributed by atoms with Crippen molar-refractivity contribution < 1.29 is 4.79 Å². The van der Waals surface area contributed by atoms with Gasteiger partial charge in [0.2, 0.25) is 0 Å². The molecule has 0 aromatic carbocycles. The summed E-state index contributed by atoms with van der Waals surface area (Å²) < 4.78 is 0. The minimum atomic E-state index is -0.256. The first-order valence-corrected chi connectivity index (χ1v) is 6.50. The third-order valence-electron chi connectivity index (χ3n) is 2.25. The van der Waals surface area contributed by atoms with Crippen LogP contribution in [0, 0.1) is 0 Å². The second-order valence-corrected chi connectivity index (χ2v) is 4.89. The highest BCUT2D eigenvalue weighted by Crippen LogP contribution is 2.14. The van der Waals surface area contributed by atoms with Gasteiger partial charge in [0.15, 0.2) is 0 Å². The van der Waals surface area contributed by atoms with E-state index in [0.717, 1.165) is 5.01 Å². The highest BCUT2D eigenvalue weighted by molar-refractivity contribution is 7.09. The Morgan fingerprint density at radius 2 is 2.33 bits per heavy atom. The number of nitrogens with two attached hydrogens (primary N) is 1. The third-order valence-corrected chi connectivity index (χ3v) is 3.30. The molecular weight excluding hydrogens is 272 g/mol. The number of halogens is 1. The first-order valence-electron chi connectivity index (χ1n) is 5.24. The van der Waals surface area contributed by atoms with Crippen molar-refractivity contribution in [1.82, 2.24) is 15.3 Å². The molecular formula is C11H11ClN4OS. The highest BCUT2D eigenvalue weighted by Gasteiger charge is 2.10. The molecule has 18 heavy (non-hydrogen) atoms. The number of carbonyl (C=O) groups is 1. The molecule has 0 radical (unpaired) electrons. The van der Waals surface area contributed by atoms with E-state index in [1.165, 1.54) is 12.3 Å². The molecule has 2 aromatic heterocycles. The second kappa shape index (κ2) is 5.79. The molecule has 0 aliphatic carbocycles. The molecule has 94 valence electrons. The van der Waals surface area contributed by atoms with Crippen molar-refractivity contribution in [2.75, 3.05) is 12.3 Å². The fraction of sp³-hybridized carbons (Fsp3) is 0.182. The maximum Gasteiger partial charge on any atom is 0.253 e. The summed E-state index contributed by atoms with van der Waals surface area (Å²) in [6.45, 7) is 0.506. The molecule has 0 spiro atoms. The van der Waals surface area contributed by atoms with Gasteiger partial charge in [-0.25, -0.2) is 9.97 Å². The number of rotatable bonds is 4. The van der Waals surface area contributed by atoms with Crippen molar-refractivity contribution >= 4 is 34.5 Å². The number of amides is 1. The predicted molar refractivity (Wildman–Crippen MR) is 71.8 cm³/mol. The van der Waals surface area contributed by atoms with Crippen LogP contribution in [0.2, 0.25) is 5.15 Å². The van der Waals surface area contributed by atoms with Crippen LogP contribution in [-0.2, 0) is 6.42 Å². The summed E-state index contributed by atoms with van der Waals surface area (Å²) in [5.74, 6) is -0.256. The van der Waals surface area contributed by atoms with Gasteiger partial charge in [-0.15, -0.1) is 11.3 Å². The molecule has 7 heteroatoms. The lowest BCUT2D eigenvalue weighted by atomic mass is 10.2. The van der Waals surface area contributed by atoms with Crippen LogP contribution in [0.4, 0.5) is 5.69 Å². The smallest absolute Gasteiger partial charge is 0.253 e. The number of nitrogens with zero attached hydrogens (tertiary/aromatic N) is 2. The van der Waals surface area contributed by atoms with Crippen LogP contribution in [0.3, 0.4) is 0 Å². The number of nitrogen functional groups attached to an aromatic ring is 1. The largest absolute Gasteiger partial charge is 0.397 e. The van der Waals surface area contributed by atoms with Crippen molar-refractivity contribution in [1.29, 1.82) is 0 Å². The molecule has 0 saturated carbocycles. The topological polar surface area (TPSA) is 80.9 Å². The van der Waals surface area contributed by atoms with E-state index in [2.05, 4.69) is 15.3 Å². The molecule has 0 unspecified atom stereocenters. The van der Waals surface area contributed by atoms with Gasteiger partial charge in [0.05, 0.1) is 22.5 Å². The zero-order valence-electron chi connectivity index (χ0n) is 9.39. The van der Waals surface area contributed by atoms with Crippen molar-refractivity contribution in [3.63, 3.8) is 0 Å². The Hall–Kier alpha value is -1.66. The van der Waals surface area contributed by atoms with Gasteiger partial charge in [0.1, 0.15) is 5.15 Å². The van der Waals surface area contributed by atoms with E-state index >= 15 is 0 Å². The molecule has 0 bridgehead atoms. The van der Waals surface area contributed by atoms with Gasteiger partial charge in [0, 0.05) is 24.5 Å². The third kappa shape index (κ3) is 3.18. The number of thiazole rings is 1. The monoisotopic (exact) mass is 282 g/mol. The van der Waals surface area contributed by atoms with Crippen molar-refractivity contribution in [3.05, 3.63) is 39.6 Å². The molecule has 3 N–H and O–H groups in total. The van der Waals surface area contributed by atoms with Gasteiger partial charge in [-0.2, -0.15) is 0 Å². The Labute approximate surface area is 113 Å². The standard InChI is InChI=1S/C11H11ClN4OS/c12-9-5-7(8(13)6-16-9)11(17)15-2-1-10-14-3-4-18-10/h3-6H,1-2,13H2,(H,15,17). The lowest BCUT2D eigenvalue weighted by molar-refractivity contribution is 0.0955. The van der Waals surface area contributed by atoms with Gasteiger partial charge in [-0.05, 0) is 6.07 Å². The maximum absolute atomic E-state index is 11.9. The Bertz CT molecular complexity index is 544. The number of nitrogens with one attached hydrogen (secondary N) is 1. The summed E-state index contributed by atoms with van der Waals surface area (Å²) in [5.41, 5.74) is 6.32. The molecule has 0 atom stereocenters. The van der Waals surface area contributed by atoms with Crippen LogP contribution in [0.15, 0.2) is 23.8 Å². The van der Waals surface area contributed by atoms with E-state index < -0.39 is 0 Å². The first-order chi connectivity index (χ1) is 8.66. The Balaban J connectivity index is 1.93. The highest BCUT2D eigenvalue weighted by atomic mass is 35.5. The Morgan fingerprint density at radius 1 is 1.50 bits per heavy atom. The first kappa shape index (κ1) is 12.8. The van der Waals surface area contributed by atoms with Gasteiger partial charge in [-0.3, -0.25) is 4.79 Å². The summed E-state index contributed by atoms with van der Waals surface area (Å²) >= 11 is 7.28. The van der Waals surface area contributed by atoms with Crippen molar-refractivity contribution in [2.24, 2.45) is 0 Å². The maximum atomic E-state index is 11.9. The van der Waals surface area contributed by atoms with E-state index in [-0.39, 0.29) is 11.1 Å². The van der Waals surface area contributed by atoms with Crippen LogP contribution in [-0.4, -0.2) is 22.4 Å². The zero-order valence-corrected chi connectivity index (χ0v) is 11.0. The van der Waals surface area contributed by atoms with Gasteiger partial charge < -0.3 is 11.1 Å². The molecule has 0 saturated heterocycles. The number of anilines is 1. The normalized spacial score (nSPS) is 10.3. The van der Waals surface area contributed by atoms with E-state index in [1.54, 1.807) is 17.5 Å². The lowest BCUT2D eigenvalue weighted by Gasteiger charge is -2.06. The van der Waals surface area contributed by atoms with E-state index in [9.17, 15) is 4.79 Å². The number of hydrogen-bond donors (Lipinski definition) is 2. The molecule has 0 aliphatic rings. The molecule has 1 amide bonds. The van der Waals surface area contributed by atoms with E-state index in [0.29, 0.717) is 24.2 Å². The predicted octanol–water partition coefficient (Wildman–Crippen LogP) is 1.75. The minimum Gasteiger partial charge on any atom is -0.397 e. The fourth-order valence-corrected chi connectivity index (χ4v) is 2.17. The van der Waals surface area contributed by atoms with E-state index in [4.69, 9.17) is 17.3 Å². The number of carbonyl (C=O) groups excluding carboxylic acids is 1. The summed E-state index contributed by atoms with van der Waals surface area (Å²) in [6.07, 6.45) is 3.81. The van der Waals surface area contributed by atoms with Crippen LogP contribution < -0.4 is 11.1 Å². The summed E-state index contributed by atoms with van der Waals surface area (Å²) in [7, 11) is 0. The molecule has 5 nitrogen and oxygen atoms in total. The SMILES string of the molecule is Nc1cnc(Cl)cc1C(=O)NCCc1nccs1. The van der Waals surface area contributed by atoms with Crippen molar-refractivity contribution in [2.45, 2.75) is 6.42 Å². The van der Waals surface area contributed by atoms with E-state index in [1.807, 2.05) is 5.38 Å². The summed E-state index contributed by atoms with van der Waals surface area (Å²) in [4.78, 5) is 19.8. The Morgan fingerprint density at radius 3 is 3.06 bits per heavy atom. The molecule has 2 aromatic rings. The van der Waals surface area contributed by atoms with Crippen LogP contribution in [0.5, 0.6) is 0 Å². The summed E-state index contributed by atoms with van der Waals surface area (Å²) in [5, 5.41) is 5.89. The molecule has 0 fully saturated rings. The quantitative estimate of drug-likeness (QED) is 0.837. The van der Waals surface area contributed by atoms with Gasteiger partial charge in [-0.1, -0.05) is 11.6 Å². The second-order valence-electron chi connectivity index (χ2n) is 3.53. The fourth-order valence-electron chi connectivity index (χ4n) is 1.39. The van der Waals surface area contributed by atoms with Crippen molar-refractivity contribution in [3.8, 4) is 0 Å².